The molecule has 0 atom stereocenters. The number of hydrogen-bond acceptors (Lipinski definition) is 5. The van der Waals surface area contributed by atoms with Gasteiger partial charge in [0.05, 0.1) is 6.61 Å². The summed E-state index contributed by atoms with van der Waals surface area (Å²) >= 11 is 1.37. The number of hydrogen-bond donors (Lipinski definition) is 1. The van der Waals surface area contributed by atoms with Gasteiger partial charge in [-0.25, -0.2) is 0 Å². The molecule has 1 aromatic carbocycles. The molecule has 2 aromatic rings. The fraction of sp³-hybridized carbons (Fsp3) is 0.267. The molecule has 6 heteroatoms. The number of anilines is 1. The van der Waals surface area contributed by atoms with Gasteiger partial charge < -0.3 is 4.74 Å². The number of nitrogens with one attached hydrogen (secondary N) is 1. The molecule has 0 bridgehead atoms. The van der Waals surface area contributed by atoms with Crippen molar-refractivity contribution >= 4 is 28.5 Å². The molecular formula is C15H17N3O2S. The Bertz CT molecular complexity index is 596. The molecule has 1 N–H and O–H groups in total. The molecule has 1 amide bonds. The van der Waals surface area contributed by atoms with E-state index in [0.717, 1.165) is 10.6 Å². The van der Waals surface area contributed by atoms with E-state index < -0.39 is 0 Å². The van der Waals surface area contributed by atoms with E-state index in [1.54, 1.807) is 6.08 Å². The molecule has 0 saturated carbocycles. The highest BCUT2D eigenvalue weighted by Gasteiger charge is 2.06. The third kappa shape index (κ3) is 5.45. The van der Waals surface area contributed by atoms with Crippen molar-refractivity contribution in [2.75, 3.05) is 18.5 Å². The van der Waals surface area contributed by atoms with Gasteiger partial charge in [0, 0.05) is 19.1 Å². The van der Waals surface area contributed by atoms with Crippen molar-refractivity contribution in [3.8, 4) is 0 Å². The summed E-state index contributed by atoms with van der Waals surface area (Å²) in [5.74, 6) is -0.216. The lowest BCUT2D eigenvalue weighted by Gasteiger charge is -1.96. The van der Waals surface area contributed by atoms with Crippen molar-refractivity contribution < 1.29 is 9.53 Å². The Kier molecular flexibility index (Phi) is 6.05. The third-order valence-corrected chi connectivity index (χ3v) is 3.49. The van der Waals surface area contributed by atoms with Crippen LogP contribution in [0.4, 0.5) is 5.13 Å². The molecule has 0 aliphatic heterocycles. The van der Waals surface area contributed by atoms with Crippen LogP contribution in [0.25, 0.3) is 6.08 Å². The van der Waals surface area contributed by atoms with Gasteiger partial charge in [0.2, 0.25) is 11.0 Å². The lowest BCUT2D eigenvalue weighted by molar-refractivity contribution is -0.111. The Morgan fingerprint density at radius 2 is 2.14 bits per heavy atom. The van der Waals surface area contributed by atoms with Gasteiger partial charge in [0.15, 0.2) is 0 Å². The average molecular weight is 303 g/mol. The molecule has 1 aromatic heterocycles. The summed E-state index contributed by atoms with van der Waals surface area (Å²) in [6.45, 7) is 3.25. The highest BCUT2D eigenvalue weighted by atomic mass is 32.1. The van der Waals surface area contributed by atoms with Gasteiger partial charge in [0.1, 0.15) is 5.01 Å². The number of ether oxygens (including phenoxy) is 1. The maximum absolute atomic E-state index is 11.8. The molecule has 5 nitrogen and oxygen atoms in total. The van der Waals surface area contributed by atoms with Crippen molar-refractivity contribution in [2.45, 2.75) is 13.3 Å². The number of aromatic nitrogens is 2. The first-order valence-corrected chi connectivity index (χ1v) is 7.54. The quantitative estimate of drug-likeness (QED) is 0.631. The largest absolute Gasteiger partial charge is 0.381 e. The molecule has 0 spiro atoms. The first kappa shape index (κ1) is 15.3. The van der Waals surface area contributed by atoms with Crippen LogP contribution < -0.4 is 5.32 Å². The molecule has 110 valence electrons. The monoisotopic (exact) mass is 303 g/mol. The fourth-order valence-corrected chi connectivity index (χ4v) is 2.32. The van der Waals surface area contributed by atoms with E-state index in [1.807, 2.05) is 37.3 Å². The van der Waals surface area contributed by atoms with Crippen molar-refractivity contribution in [1.29, 1.82) is 0 Å². The summed E-state index contributed by atoms with van der Waals surface area (Å²) in [6, 6.07) is 9.64. The van der Waals surface area contributed by atoms with Gasteiger partial charge in [-0.15, -0.1) is 10.2 Å². The fourth-order valence-electron chi connectivity index (χ4n) is 1.59. The summed E-state index contributed by atoms with van der Waals surface area (Å²) in [5, 5.41) is 12.0. The summed E-state index contributed by atoms with van der Waals surface area (Å²) in [7, 11) is 0. The second-order valence-corrected chi connectivity index (χ2v) is 5.24. The number of carbonyl (C=O) groups is 1. The highest BCUT2D eigenvalue weighted by molar-refractivity contribution is 7.15. The maximum atomic E-state index is 11.8. The Morgan fingerprint density at radius 3 is 2.90 bits per heavy atom. The standard InChI is InChI=1S/C15H17N3O2S/c1-2-20-11-10-14-17-18-15(21-14)16-13(19)9-8-12-6-4-3-5-7-12/h3-9H,2,10-11H2,1H3,(H,16,18,19). The Balaban J connectivity index is 1.84. The molecule has 0 fully saturated rings. The van der Waals surface area contributed by atoms with E-state index in [1.165, 1.54) is 17.4 Å². The normalized spacial score (nSPS) is 10.9. The van der Waals surface area contributed by atoms with Crippen LogP contribution in [-0.4, -0.2) is 29.3 Å². The van der Waals surface area contributed by atoms with Crippen molar-refractivity contribution in [3.63, 3.8) is 0 Å². The van der Waals surface area contributed by atoms with E-state index in [9.17, 15) is 4.79 Å². The predicted molar refractivity (Wildman–Crippen MR) is 84.2 cm³/mol. The van der Waals surface area contributed by atoms with E-state index in [-0.39, 0.29) is 5.91 Å². The minimum atomic E-state index is -0.216. The zero-order valence-corrected chi connectivity index (χ0v) is 12.6. The van der Waals surface area contributed by atoms with Gasteiger partial charge in [-0.05, 0) is 18.6 Å². The lowest BCUT2D eigenvalue weighted by atomic mass is 10.2. The van der Waals surface area contributed by atoms with E-state index in [4.69, 9.17) is 4.74 Å². The lowest BCUT2D eigenvalue weighted by Crippen LogP contribution is -2.07. The number of nitrogens with zero attached hydrogens (tertiary/aromatic N) is 2. The van der Waals surface area contributed by atoms with Gasteiger partial charge >= 0.3 is 0 Å². The molecule has 0 saturated heterocycles. The molecular weight excluding hydrogens is 286 g/mol. The Hall–Kier alpha value is -2.05. The van der Waals surface area contributed by atoms with Crippen LogP contribution in [0.15, 0.2) is 36.4 Å². The minimum Gasteiger partial charge on any atom is -0.381 e. The van der Waals surface area contributed by atoms with Gasteiger partial charge in [0.25, 0.3) is 0 Å². The van der Waals surface area contributed by atoms with E-state index >= 15 is 0 Å². The number of amides is 1. The van der Waals surface area contributed by atoms with Crippen LogP contribution >= 0.6 is 11.3 Å². The first-order chi connectivity index (χ1) is 10.3. The number of rotatable bonds is 7. The van der Waals surface area contributed by atoms with Crippen LogP contribution in [0.3, 0.4) is 0 Å². The zero-order chi connectivity index (χ0) is 14.9. The highest BCUT2D eigenvalue weighted by Crippen LogP contribution is 2.15. The van der Waals surface area contributed by atoms with Crippen molar-refractivity contribution in [2.24, 2.45) is 0 Å². The SMILES string of the molecule is CCOCCc1nnc(NC(=O)C=Cc2ccccc2)s1. The summed E-state index contributed by atoms with van der Waals surface area (Å²) in [5.41, 5.74) is 0.974. The van der Waals surface area contributed by atoms with E-state index in [0.29, 0.717) is 24.8 Å². The predicted octanol–water partition coefficient (Wildman–Crippen LogP) is 2.77. The second-order valence-electron chi connectivity index (χ2n) is 4.18. The third-order valence-electron chi connectivity index (χ3n) is 2.59. The number of benzene rings is 1. The Morgan fingerprint density at radius 1 is 1.33 bits per heavy atom. The number of carbonyl (C=O) groups excluding carboxylic acids is 1. The van der Waals surface area contributed by atoms with Crippen LogP contribution in [0.1, 0.15) is 17.5 Å². The molecule has 0 aliphatic carbocycles. The Labute approximate surface area is 127 Å². The summed E-state index contributed by atoms with van der Waals surface area (Å²) in [6.07, 6.45) is 3.95. The molecule has 1 heterocycles. The van der Waals surface area contributed by atoms with Gasteiger partial charge in [-0.1, -0.05) is 41.7 Å². The van der Waals surface area contributed by atoms with Crippen LogP contribution in [0, 0.1) is 0 Å². The zero-order valence-electron chi connectivity index (χ0n) is 11.8. The van der Waals surface area contributed by atoms with Gasteiger partial charge in [-0.2, -0.15) is 0 Å². The maximum Gasteiger partial charge on any atom is 0.250 e. The molecule has 0 radical (unpaired) electrons. The molecule has 2 rings (SSSR count). The van der Waals surface area contributed by atoms with Crippen LogP contribution in [-0.2, 0) is 16.0 Å². The molecule has 21 heavy (non-hydrogen) atoms. The average Bonchev–Trinajstić information content (AvgIpc) is 2.94. The smallest absolute Gasteiger partial charge is 0.250 e. The first-order valence-electron chi connectivity index (χ1n) is 6.72. The van der Waals surface area contributed by atoms with E-state index in [2.05, 4.69) is 15.5 Å². The van der Waals surface area contributed by atoms with Crippen LogP contribution in [0.5, 0.6) is 0 Å². The molecule has 0 aliphatic rings. The van der Waals surface area contributed by atoms with Crippen LogP contribution in [0.2, 0.25) is 0 Å². The van der Waals surface area contributed by atoms with Crippen molar-refractivity contribution in [3.05, 3.63) is 47.0 Å². The summed E-state index contributed by atoms with van der Waals surface area (Å²) < 4.78 is 5.26. The van der Waals surface area contributed by atoms with Gasteiger partial charge in [-0.3, -0.25) is 10.1 Å². The van der Waals surface area contributed by atoms with Crippen molar-refractivity contribution in [1.82, 2.24) is 10.2 Å². The molecule has 0 unspecified atom stereocenters. The minimum absolute atomic E-state index is 0.216. The summed E-state index contributed by atoms with van der Waals surface area (Å²) in [4.78, 5) is 11.8. The second kappa shape index (κ2) is 8.28. The topological polar surface area (TPSA) is 64.1 Å².